The molecule has 0 aromatic carbocycles. The second-order valence-electron chi connectivity index (χ2n) is 4.69. The van der Waals surface area contributed by atoms with Gasteiger partial charge in [-0.1, -0.05) is 0 Å². The maximum atomic E-state index is 5.48. The fraction of sp³-hybridized carbons (Fsp3) is 0.692. The van der Waals surface area contributed by atoms with E-state index >= 15 is 0 Å². The summed E-state index contributed by atoms with van der Waals surface area (Å²) in [6.45, 7) is 11.4. The SMILES string of the molecule is Cc1cc(CNCCN(C)C(C)C)c(C)o1. The van der Waals surface area contributed by atoms with Gasteiger partial charge in [-0.2, -0.15) is 0 Å². The molecule has 0 amide bonds. The molecule has 0 bridgehead atoms. The highest BCUT2D eigenvalue weighted by Crippen LogP contribution is 2.12. The van der Waals surface area contributed by atoms with Gasteiger partial charge in [-0.15, -0.1) is 0 Å². The molecule has 0 aliphatic carbocycles. The van der Waals surface area contributed by atoms with E-state index in [1.54, 1.807) is 0 Å². The third-order valence-electron chi connectivity index (χ3n) is 2.98. The molecular weight excluding hydrogens is 200 g/mol. The molecule has 3 nitrogen and oxygen atoms in total. The predicted molar refractivity (Wildman–Crippen MR) is 67.7 cm³/mol. The molecule has 0 spiro atoms. The minimum absolute atomic E-state index is 0.611. The molecule has 92 valence electrons. The van der Waals surface area contributed by atoms with Crippen molar-refractivity contribution in [3.05, 3.63) is 23.2 Å². The summed E-state index contributed by atoms with van der Waals surface area (Å²) in [5.41, 5.74) is 1.27. The smallest absolute Gasteiger partial charge is 0.105 e. The zero-order valence-electron chi connectivity index (χ0n) is 11.1. The number of aryl methyl sites for hydroxylation is 2. The molecule has 16 heavy (non-hydrogen) atoms. The van der Waals surface area contributed by atoms with Crippen molar-refractivity contribution in [1.29, 1.82) is 0 Å². The third kappa shape index (κ3) is 3.99. The van der Waals surface area contributed by atoms with Gasteiger partial charge in [0.15, 0.2) is 0 Å². The molecule has 0 saturated carbocycles. The zero-order chi connectivity index (χ0) is 12.1. The number of nitrogens with one attached hydrogen (secondary N) is 1. The highest BCUT2D eigenvalue weighted by atomic mass is 16.3. The van der Waals surface area contributed by atoms with E-state index in [4.69, 9.17) is 4.42 Å². The van der Waals surface area contributed by atoms with Crippen molar-refractivity contribution in [2.45, 2.75) is 40.3 Å². The summed E-state index contributed by atoms with van der Waals surface area (Å²) >= 11 is 0. The van der Waals surface area contributed by atoms with E-state index in [1.165, 1.54) is 5.56 Å². The van der Waals surface area contributed by atoms with E-state index < -0.39 is 0 Å². The summed E-state index contributed by atoms with van der Waals surface area (Å²) in [6.07, 6.45) is 0. The summed E-state index contributed by atoms with van der Waals surface area (Å²) in [5, 5.41) is 3.44. The molecule has 1 heterocycles. The van der Waals surface area contributed by atoms with E-state index in [0.717, 1.165) is 31.2 Å². The fourth-order valence-electron chi connectivity index (χ4n) is 1.60. The summed E-state index contributed by atoms with van der Waals surface area (Å²) in [5.74, 6) is 2.02. The monoisotopic (exact) mass is 224 g/mol. The maximum absolute atomic E-state index is 5.48. The van der Waals surface area contributed by atoms with Gasteiger partial charge in [0.25, 0.3) is 0 Å². The predicted octanol–water partition coefficient (Wildman–Crippen LogP) is 2.33. The van der Waals surface area contributed by atoms with Crippen molar-refractivity contribution in [3.63, 3.8) is 0 Å². The second kappa shape index (κ2) is 6.06. The Hall–Kier alpha value is -0.800. The lowest BCUT2D eigenvalue weighted by Crippen LogP contribution is -2.33. The van der Waals surface area contributed by atoms with Crippen molar-refractivity contribution in [2.75, 3.05) is 20.1 Å². The Morgan fingerprint density at radius 3 is 2.56 bits per heavy atom. The van der Waals surface area contributed by atoms with Crippen LogP contribution in [0.4, 0.5) is 0 Å². The number of hydrogen-bond acceptors (Lipinski definition) is 3. The Morgan fingerprint density at radius 2 is 2.06 bits per heavy atom. The standard InChI is InChI=1S/C13H24N2O/c1-10(2)15(5)7-6-14-9-13-8-11(3)16-12(13)4/h8,10,14H,6-7,9H2,1-5H3. The van der Waals surface area contributed by atoms with Crippen LogP contribution in [0.15, 0.2) is 10.5 Å². The summed E-state index contributed by atoms with van der Waals surface area (Å²) in [6, 6.07) is 2.72. The number of likely N-dealkylation sites (N-methyl/N-ethyl adjacent to an activating group) is 1. The number of nitrogens with zero attached hydrogens (tertiary/aromatic N) is 1. The van der Waals surface area contributed by atoms with Crippen molar-refractivity contribution in [1.82, 2.24) is 10.2 Å². The molecule has 0 atom stereocenters. The first-order valence-corrected chi connectivity index (χ1v) is 5.97. The molecule has 1 aromatic heterocycles. The lowest BCUT2D eigenvalue weighted by Gasteiger charge is -2.20. The molecule has 0 aliphatic rings. The van der Waals surface area contributed by atoms with Crippen LogP contribution < -0.4 is 5.32 Å². The van der Waals surface area contributed by atoms with Gasteiger partial charge in [0.1, 0.15) is 11.5 Å². The first-order valence-electron chi connectivity index (χ1n) is 5.97. The van der Waals surface area contributed by atoms with Crippen LogP contribution in [0.3, 0.4) is 0 Å². The number of furan rings is 1. The van der Waals surface area contributed by atoms with Crippen LogP contribution in [0, 0.1) is 13.8 Å². The summed E-state index contributed by atoms with van der Waals surface area (Å²) < 4.78 is 5.48. The lowest BCUT2D eigenvalue weighted by molar-refractivity contribution is 0.273. The van der Waals surface area contributed by atoms with E-state index in [9.17, 15) is 0 Å². The third-order valence-corrected chi connectivity index (χ3v) is 2.98. The summed E-state index contributed by atoms with van der Waals surface area (Å²) in [4.78, 5) is 2.33. The van der Waals surface area contributed by atoms with E-state index in [-0.39, 0.29) is 0 Å². The van der Waals surface area contributed by atoms with E-state index in [0.29, 0.717) is 6.04 Å². The molecule has 0 aliphatic heterocycles. The Bertz CT molecular complexity index is 318. The zero-order valence-corrected chi connectivity index (χ0v) is 11.1. The quantitative estimate of drug-likeness (QED) is 0.752. The van der Waals surface area contributed by atoms with Gasteiger partial charge in [-0.25, -0.2) is 0 Å². The Labute approximate surface area is 98.8 Å². The number of hydrogen-bond donors (Lipinski definition) is 1. The van der Waals surface area contributed by atoms with Crippen molar-refractivity contribution < 1.29 is 4.42 Å². The normalized spacial score (nSPS) is 11.7. The van der Waals surface area contributed by atoms with E-state index in [1.807, 2.05) is 13.8 Å². The molecule has 3 heteroatoms. The molecule has 0 unspecified atom stereocenters. The second-order valence-corrected chi connectivity index (χ2v) is 4.69. The Balaban J connectivity index is 2.23. The van der Waals surface area contributed by atoms with Crippen LogP contribution in [0.2, 0.25) is 0 Å². The molecule has 0 radical (unpaired) electrons. The van der Waals surface area contributed by atoms with Gasteiger partial charge in [0.2, 0.25) is 0 Å². The van der Waals surface area contributed by atoms with Gasteiger partial charge in [-0.3, -0.25) is 0 Å². The van der Waals surface area contributed by atoms with Crippen molar-refractivity contribution in [3.8, 4) is 0 Å². The lowest BCUT2D eigenvalue weighted by atomic mass is 10.2. The molecule has 0 fully saturated rings. The van der Waals surface area contributed by atoms with Gasteiger partial charge in [-0.05, 0) is 40.8 Å². The first-order chi connectivity index (χ1) is 7.50. The van der Waals surface area contributed by atoms with Crippen LogP contribution in [-0.4, -0.2) is 31.1 Å². The Morgan fingerprint density at radius 1 is 1.38 bits per heavy atom. The highest BCUT2D eigenvalue weighted by molar-refractivity contribution is 5.19. The first kappa shape index (κ1) is 13.3. The Kier molecular flexibility index (Phi) is 5.03. The van der Waals surface area contributed by atoms with Crippen LogP contribution >= 0.6 is 0 Å². The summed E-state index contributed by atoms with van der Waals surface area (Å²) in [7, 11) is 2.15. The molecule has 0 saturated heterocycles. The highest BCUT2D eigenvalue weighted by Gasteiger charge is 2.05. The van der Waals surface area contributed by atoms with Crippen LogP contribution in [-0.2, 0) is 6.54 Å². The van der Waals surface area contributed by atoms with Crippen LogP contribution in [0.25, 0.3) is 0 Å². The minimum atomic E-state index is 0.611. The molecular formula is C13H24N2O. The largest absolute Gasteiger partial charge is 0.466 e. The van der Waals surface area contributed by atoms with Gasteiger partial charge in [0.05, 0.1) is 0 Å². The maximum Gasteiger partial charge on any atom is 0.105 e. The van der Waals surface area contributed by atoms with Gasteiger partial charge in [0, 0.05) is 31.2 Å². The molecule has 1 N–H and O–H groups in total. The van der Waals surface area contributed by atoms with Gasteiger partial charge >= 0.3 is 0 Å². The van der Waals surface area contributed by atoms with Crippen LogP contribution in [0.5, 0.6) is 0 Å². The van der Waals surface area contributed by atoms with Crippen molar-refractivity contribution in [2.24, 2.45) is 0 Å². The molecule has 1 rings (SSSR count). The molecule has 1 aromatic rings. The van der Waals surface area contributed by atoms with Crippen molar-refractivity contribution >= 4 is 0 Å². The average molecular weight is 224 g/mol. The van der Waals surface area contributed by atoms with Gasteiger partial charge < -0.3 is 14.6 Å². The topological polar surface area (TPSA) is 28.4 Å². The number of rotatable bonds is 6. The average Bonchev–Trinajstić information content (AvgIpc) is 2.51. The van der Waals surface area contributed by atoms with Crippen LogP contribution in [0.1, 0.15) is 30.9 Å². The fourth-order valence-corrected chi connectivity index (χ4v) is 1.60. The minimum Gasteiger partial charge on any atom is -0.466 e. The van der Waals surface area contributed by atoms with E-state index in [2.05, 4.69) is 37.2 Å².